The first-order chi connectivity index (χ1) is 15.9. The van der Waals surface area contributed by atoms with E-state index in [4.69, 9.17) is 23.2 Å². The molecule has 1 N–H and O–H groups in total. The Kier molecular flexibility index (Phi) is 9.79. The molecule has 1 atom stereocenters. The molecule has 0 aliphatic heterocycles. The van der Waals surface area contributed by atoms with Crippen molar-refractivity contribution < 1.29 is 18.0 Å². The molecule has 0 aromatic heterocycles. The number of halogens is 2. The minimum Gasteiger partial charge on any atom is -0.355 e. The van der Waals surface area contributed by atoms with Crippen LogP contribution in [0.25, 0.3) is 0 Å². The van der Waals surface area contributed by atoms with Crippen LogP contribution in [0.2, 0.25) is 10.0 Å². The molecule has 2 rings (SSSR count). The SMILES string of the molecule is CCNC(=O)[C@H](CC)N(Cc1c(Cl)cccc1Cl)C(=O)CN(c1cccc(C)c1C)S(C)(=O)=O. The minimum absolute atomic E-state index is 0.0443. The second-order valence-electron chi connectivity index (χ2n) is 8.03. The highest BCUT2D eigenvalue weighted by atomic mass is 35.5. The largest absolute Gasteiger partial charge is 0.355 e. The maximum atomic E-state index is 13.7. The molecule has 0 radical (unpaired) electrons. The molecule has 0 aliphatic rings. The predicted octanol–water partition coefficient (Wildman–Crippen LogP) is 4.32. The fourth-order valence-electron chi connectivity index (χ4n) is 3.67. The lowest BCUT2D eigenvalue weighted by Gasteiger charge is -2.33. The normalized spacial score (nSPS) is 12.2. The van der Waals surface area contributed by atoms with E-state index >= 15 is 0 Å². The monoisotopic (exact) mass is 527 g/mol. The Morgan fingerprint density at radius 1 is 1.03 bits per heavy atom. The molecule has 2 aromatic carbocycles. The molecule has 7 nitrogen and oxygen atoms in total. The molecule has 10 heteroatoms. The van der Waals surface area contributed by atoms with Gasteiger partial charge >= 0.3 is 0 Å². The van der Waals surface area contributed by atoms with Crippen molar-refractivity contribution in [1.82, 2.24) is 10.2 Å². The summed E-state index contributed by atoms with van der Waals surface area (Å²) in [6.07, 6.45) is 1.38. The second kappa shape index (κ2) is 11.9. The summed E-state index contributed by atoms with van der Waals surface area (Å²) in [5.41, 5.74) is 2.54. The van der Waals surface area contributed by atoms with Gasteiger partial charge in [0.15, 0.2) is 0 Å². The Morgan fingerprint density at radius 3 is 2.15 bits per heavy atom. The van der Waals surface area contributed by atoms with Gasteiger partial charge in [-0.3, -0.25) is 13.9 Å². The molecule has 0 spiro atoms. The zero-order chi connectivity index (χ0) is 25.6. The third-order valence-electron chi connectivity index (χ3n) is 5.65. The van der Waals surface area contributed by atoms with Gasteiger partial charge in [0.2, 0.25) is 21.8 Å². The zero-order valence-corrected chi connectivity index (χ0v) is 22.4. The van der Waals surface area contributed by atoms with Gasteiger partial charge < -0.3 is 10.2 Å². The van der Waals surface area contributed by atoms with Gasteiger partial charge in [-0.2, -0.15) is 0 Å². The zero-order valence-electron chi connectivity index (χ0n) is 20.1. The second-order valence-corrected chi connectivity index (χ2v) is 10.8. The quantitative estimate of drug-likeness (QED) is 0.498. The highest BCUT2D eigenvalue weighted by Crippen LogP contribution is 2.28. The third-order valence-corrected chi connectivity index (χ3v) is 7.49. The van der Waals surface area contributed by atoms with E-state index in [1.165, 1.54) is 4.90 Å². The van der Waals surface area contributed by atoms with Crippen LogP contribution >= 0.6 is 23.2 Å². The first-order valence-corrected chi connectivity index (χ1v) is 13.6. The average molecular weight is 529 g/mol. The van der Waals surface area contributed by atoms with E-state index in [9.17, 15) is 18.0 Å². The Balaban J connectivity index is 2.54. The number of aryl methyl sites for hydroxylation is 1. The highest BCUT2D eigenvalue weighted by Gasteiger charge is 2.32. The number of benzene rings is 2. The summed E-state index contributed by atoms with van der Waals surface area (Å²) in [6, 6.07) is 9.43. The molecule has 0 saturated heterocycles. The number of nitrogens with one attached hydrogen (secondary N) is 1. The van der Waals surface area contributed by atoms with Crippen molar-refractivity contribution in [1.29, 1.82) is 0 Å². The standard InChI is InChI=1S/C24H31Cl2N3O4S/c1-6-21(24(31)27-7-2)28(14-18-19(25)11-9-12-20(18)26)23(30)15-29(34(5,32)33)22-13-8-10-16(3)17(22)4/h8-13,21H,6-7,14-15H2,1-5H3,(H,27,31)/t21-/m0/s1. The Bertz CT molecular complexity index is 1130. The summed E-state index contributed by atoms with van der Waals surface area (Å²) in [4.78, 5) is 27.8. The predicted molar refractivity (Wildman–Crippen MR) is 138 cm³/mol. The first kappa shape index (κ1) is 28.0. The van der Waals surface area contributed by atoms with Gasteiger partial charge in [-0.25, -0.2) is 8.42 Å². The number of likely N-dealkylation sites (N-methyl/N-ethyl adjacent to an activating group) is 1. The maximum Gasteiger partial charge on any atom is 0.244 e. The van der Waals surface area contributed by atoms with Gasteiger partial charge in [0.1, 0.15) is 12.6 Å². The van der Waals surface area contributed by atoms with Crippen molar-refractivity contribution in [3.05, 3.63) is 63.1 Å². The molecule has 34 heavy (non-hydrogen) atoms. The van der Waals surface area contributed by atoms with Crippen molar-refractivity contribution in [2.45, 2.75) is 46.7 Å². The lowest BCUT2D eigenvalue weighted by atomic mass is 10.1. The van der Waals surface area contributed by atoms with Gasteiger partial charge in [0.25, 0.3) is 0 Å². The molecule has 0 bridgehead atoms. The molecule has 2 aromatic rings. The highest BCUT2D eigenvalue weighted by molar-refractivity contribution is 7.92. The number of hydrogen-bond donors (Lipinski definition) is 1. The Hall–Kier alpha value is -2.29. The number of hydrogen-bond acceptors (Lipinski definition) is 4. The van der Waals surface area contributed by atoms with E-state index < -0.39 is 28.5 Å². The fraction of sp³-hybridized carbons (Fsp3) is 0.417. The molecular formula is C24H31Cl2N3O4S. The van der Waals surface area contributed by atoms with Crippen LogP contribution in [-0.4, -0.2) is 50.5 Å². The molecule has 2 amide bonds. The summed E-state index contributed by atoms with van der Waals surface area (Å²) >= 11 is 12.7. The molecule has 0 unspecified atom stereocenters. The van der Waals surface area contributed by atoms with E-state index in [0.717, 1.165) is 21.7 Å². The average Bonchev–Trinajstić information content (AvgIpc) is 2.75. The summed E-state index contributed by atoms with van der Waals surface area (Å²) in [5, 5.41) is 3.45. The lowest BCUT2D eigenvalue weighted by molar-refractivity contribution is -0.140. The maximum absolute atomic E-state index is 13.7. The van der Waals surface area contributed by atoms with Gasteiger partial charge in [-0.15, -0.1) is 0 Å². The summed E-state index contributed by atoms with van der Waals surface area (Å²) in [7, 11) is -3.80. The number of carbonyl (C=O) groups is 2. The van der Waals surface area contributed by atoms with Gasteiger partial charge in [0, 0.05) is 28.7 Å². The van der Waals surface area contributed by atoms with Crippen molar-refractivity contribution in [3.8, 4) is 0 Å². The fourth-order valence-corrected chi connectivity index (χ4v) is 5.08. The smallest absolute Gasteiger partial charge is 0.244 e. The molecule has 0 heterocycles. The van der Waals surface area contributed by atoms with Gasteiger partial charge in [-0.1, -0.05) is 48.3 Å². The van der Waals surface area contributed by atoms with E-state index in [1.807, 2.05) is 13.0 Å². The molecule has 186 valence electrons. The summed E-state index contributed by atoms with van der Waals surface area (Å²) in [5.74, 6) is -0.875. The van der Waals surface area contributed by atoms with Crippen LogP contribution in [0.1, 0.15) is 37.0 Å². The number of anilines is 1. The van der Waals surface area contributed by atoms with E-state index in [1.54, 1.807) is 51.1 Å². The lowest BCUT2D eigenvalue weighted by Crippen LogP contribution is -2.52. The number of carbonyl (C=O) groups excluding carboxylic acids is 2. The number of rotatable bonds is 10. The number of sulfonamides is 1. The van der Waals surface area contributed by atoms with Crippen LogP contribution in [0, 0.1) is 13.8 Å². The van der Waals surface area contributed by atoms with Gasteiger partial charge in [0.05, 0.1) is 11.9 Å². The van der Waals surface area contributed by atoms with E-state index in [2.05, 4.69) is 5.32 Å². The summed E-state index contributed by atoms with van der Waals surface area (Å²) in [6.45, 7) is 7.12. The van der Waals surface area contributed by atoms with Crippen LogP contribution in [0.3, 0.4) is 0 Å². The molecule has 0 aliphatic carbocycles. The minimum atomic E-state index is -3.80. The van der Waals surface area contributed by atoms with Crippen LogP contribution in [0.5, 0.6) is 0 Å². The summed E-state index contributed by atoms with van der Waals surface area (Å²) < 4.78 is 26.5. The van der Waals surface area contributed by atoms with Crippen molar-refractivity contribution in [2.75, 3.05) is 23.7 Å². The van der Waals surface area contributed by atoms with Crippen LogP contribution in [-0.2, 0) is 26.2 Å². The van der Waals surface area contributed by atoms with Gasteiger partial charge in [-0.05, 0) is 56.5 Å². The Morgan fingerprint density at radius 2 is 1.62 bits per heavy atom. The van der Waals surface area contributed by atoms with Crippen molar-refractivity contribution in [2.24, 2.45) is 0 Å². The van der Waals surface area contributed by atoms with E-state index in [-0.39, 0.29) is 12.5 Å². The Labute approximate surface area is 212 Å². The topological polar surface area (TPSA) is 86.8 Å². The molecular weight excluding hydrogens is 497 g/mol. The number of nitrogens with zero attached hydrogens (tertiary/aromatic N) is 2. The third kappa shape index (κ3) is 6.64. The van der Waals surface area contributed by atoms with Crippen LogP contribution in [0.15, 0.2) is 36.4 Å². The molecule has 0 saturated carbocycles. The van der Waals surface area contributed by atoms with Crippen molar-refractivity contribution >= 4 is 50.7 Å². The number of amides is 2. The molecule has 0 fully saturated rings. The van der Waals surface area contributed by atoms with E-state index in [0.29, 0.717) is 34.3 Å². The van der Waals surface area contributed by atoms with Crippen molar-refractivity contribution in [3.63, 3.8) is 0 Å². The van der Waals surface area contributed by atoms with Crippen LogP contribution in [0.4, 0.5) is 5.69 Å². The van der Waals surface area contributed by atoms with Crippen LogP contribution < -0.4 is 9.62 Å². The first-order valence-electron chi connectivity index (χ1n) is 11.0.